The van der Waals surface area contributed by atoms with E-state index < -0.39 is 5.97 Å². The van der Waals surface area contributed by atoms with Crippen LogP contribution in [0.3, 0.4) is 0 Å². The van der Waals surface area contributed by atoms with Gasteiger partial charge in [0.15, 0.2) is 0 Å². The summed E-state index contributed by atoms with van der Waals surface area (Å²) < 4.78 is 0. The summed E-state index contributed by atoms with van der Waals surface area (Å²) in [6.07, 6.45) is 1.02. The van der Waals surface area contributed by atoms with Crippen molar-refractivity contribution in [3.63, 3.8) is 0 Å². The number of hydrogen-bond acceptors (Lipinski definition) is 1. The van der Waals surface area contributed by atoms with Crippen LogP contribution in [0.15, 0.2) is 0 Å². The van der Waals surface area contributed by atoms with Gasteiger partial charge in [-0.05, 0) is 20.4 Å². The number of rotatable bonds is 3. The van der Waals surface area contributed by atoms with Crippen LogP contribution < -0.4 is 0 Å². The quantitative estimate of drug-likeness (QED) is 0.797. The van der Waals surface area contributed by atoms with Crippen LogP contribution in [-0.4, -0.2) is 11.1 Å². The Morgan fingerprint density at radius 2 is 1.58 bits per heavy atom. The van der Waals surface area contributed by atoms with Gasteiger partial charge in [0, 0.05) is 6.42 Å². The number of carbonyl (C=O) groups is 1. The second kappa shape index (κ2) is 11.1. The average Bonchev–Trinajstić information content (AvgIpc) is 1.87. The molecule has 0 fully saturated rings. The van der Waals surface area contributed by atoms with Gasteiger partial charge in [-0.1, -0.05) is 6.92 Å². The van der Waals surface area contributed by atoms with Gasteiger partial charge in [0.1, 0.15) is 0 Å². The Bertz CT molecular complexity index is 110. The van der Waals surface area contributed by atoms with Crippen LogP contribution in [0, 0.1) is 0 Å². The van der Waals surface area contributed by atoms with Crippen molar-refractivity contribution in [3.05, 3.63) is 0 Å². The summed E-state index contributed by atoms with van der Waals surface area (Å²) in [6, 6.07) is 0. The van der Waals surface area contributed by atoms with Crippen LogP contribution in [0.1, 0.15) is 19.8 Å². The van der Waals surface area contributed by atoms with Crippen LogP contribution >= 0.6 is 49.7 Å². The lowest BCUT2D eigenvalue weighted by Gasteiger charge is -2.06. The van der Waals surface area contributed by atoms with Crippen LogP contribution in [0.2, 0.25) is 0 Å². The third kappa shape index (κ3) is 18.0. The average molecular weight is 282 g/mol. The maximum atomic E-state index is 9.60. The summed E-state index contributed by atoms with van der Waals surface area (Å²) in [6.45, 7) is 2.17. The Kier molecular flexibility index (Phi) is 15.3. The first-order valence-electron chi connectivity index (χ1n) is 3.22. The Labute approximate surface area is 85.6 Å². The van der Waals surface area contributed by atoms with Gasteiger partial charge in [-0.3, -0.25) is 4.79 Å². The molecule has 8 heteroatoms. The molecule has 0 amide bonds. The molecule has 0 saturated heterocycles. The lowest BCUT2D eigenvalue weighted by atomic mass is 10.4. The molecule has 12 heavy (non-hydrogen) atoms. The molecular weight excluding hydrogens is 266 g/mol. The van der Waals surface area contributed by atoms with Gasteiger partial charge in [-0.2, -0.15) is 0 Å². The lowest BCUT2D eigenvalue weighted by Crippen LogP contribution is -1.90. The predicted molar refractivity (Wildman–Crippen MR) is 75.2 cm³/mol. The van der Waals surface area contributed by atoms with Gasteiger partial charge in [-0.25, -0.2) is 0 Å². The highest BCUT2D eigenvalue weighted by Crippen LogP contribution is 2.86. The molecule has 2 nitrogen and oxygen atoms in total. The van der Waals surface area contributed by atoms with E-state index in [-0.39, 0.29) is 14.0 Å². The molecule has 0 rings (SSSR count). The molecule has 4 unspecified atom stereocenters. The van der Waals surface area contributed by atoms with E-state index in [1.165, 1.54) is 0 Å². The topological polar surface area (TPSA) is 37.3 Å². The molecular formula is C4H16O2P6. The fourth-order valence-corrected chi connectivity index (χ4v) is 0.214. The molecule has 0 spiro atoms. The summed E-state index contributed by atoms with van der Waals surface area (Å²) in [5.74, 6) is -0.711. The van der Waals surface area contributed by atoms with E-state index >= 15 is 0 Å². The van der Waals surface area contributed by atoms with Crippen LogP contribution in [-0.2, 0) is 4.79 Å². The van der Waals surface area contributed by atoms with Gasteiger partial charge in [0.25, 0.3) is 0 Å². The molecule has 74 valence electrons. The van der Waals surface area contributed by atoms with E-state index in [4.69, 9.17) is 5.11 Å². The number of carboxylic acid groups (broad SMARTS) is 1. The summed E-state index contributed by atoms with van der Waals surface area (Å²) in [4.78, 5) is 9.60. The maximum absolute atomic E-state index is 9.60. The molecule has 0 aliphatic heterocycles. The third-order valence-electron chi connectivity index (χ3n) is 0.731. The van der Waals surface area contributed by atoms with Crippen molar-refractivity contribution in [1.82, 2.24) is 0 Å². The standard InChI is InChI=1S/C4H8O2.H8P6/c1-2-3-4(5)6;1-5(2)6(3)4/h2-3H2,1H3,(H,5,6);1-4H2. The Balaban J connectivity index is 0. The maximum Gasteiger partial charge on any atom is 0.303 e. The van der Waals surface area contributed by atoms with Crippen molar-refractivity contribution in [1.29, 1.82) is 0 Å². The molecule has 1 N–H and O–H groups in total. The van der Waals surface area contributed by atoms with E-state index in [0.29, 0.717) is 6.42 Å². The van der Waals surface area contributed by atoms with Crippen LogP contribution in [0.5, 0.6) is 0 Å². The SMILES string of the molecule is CCCC(=O)O.PP(P)P(P)P. The molecule has 0 aromatic heterocycles. The second-order valence-electron chi connectivity index (χ2n) is 1.90. The number of hydrogen-bond donors (Lipinski definition) is 1. The summed E-state index contributed by atoms with van der Waals surface area (Å²) in [5.41, 5.74) is 0. The van der Waals surface area contributed by atoms with Crippen molar-refractivity contribution >= 4 is 55.7 Å². The molecule has 0 radical (unpaired) electrons. The molecule has 4 atom stereocenters. The zero-order valence-corrected chi connectivity index (χ0v) is 13.4. The van der Waals surface area contributed by atoms with Gasteiger partial charge >= 0.3 is 5.97 Å². The molecule has 0 saturated carbocycles. The van der Waals surface area contributed by atoms with Crippen molar-refractivity contribution in [2.45, 2.75) is 19.8 Å². The monoisotopic (exact) mass is 282 g/mol. The van der Waals surface area contributed by atoms with Crippen molar-refractivity contribution in [2.75, 3.05) is 0 Å². The van der Waals surface area contributed by atoms with E-state index in [1.807, 2.05) is 6.92 Å². The first-order chi connectivity index (χ1) is 5.41. The zero-order chi connectivity index (χ0) is 10.1. The van der Waals surface area contributed by atoms with E-state index in [0.717, 1.165) is 6.42 Å². The van der Waals surface area contributed by atoms with Crippen LogP contribution in [0.25, 0.3) is 0 Å². The molecule has 0 bridgehead atoms. The normalized spacial score (nSPS) is 9.58. The molecule has 0 aromatic carbocycles. The van der Waals surface area contributed by atoms with Crippen molar-refractivity contribution < 1.29 is 9.90 Å². The second-order valence-corrected chi connectivity index (χ2v) is 21.7. The Morgan fingerprint density at radius 1 is 1.25 bits per heavy atom. The summed E-state index contributed by atoms with van der Waals surface area (Å²) >= 11 is 0. The summed E-state index contributed by atoms with van der Waals surface area (Å²) in [5, 5.41) is 7.91. The van der Waals surface area contributed by atoms with Gasteiger partial charge in [0.05, 0.1) is 0 Å². The van der Waals surface area contributed by atoms with E-state index in [9.17, 15) is 4.79 Å². The Hall–Kier alpha value is 2.05. The lowest BCUT2D eigenvalue weighted by molar-refractivity contribution is -0.137. The van der Waals surface area contributed by atoms with Gasteiger partial charge < -0.3 is 5.11 Å². The first kappa shape index (κ1) is 16.5. The minimum absolute atomic E-state index is 0.165. The molecule has 0 heterocycles. The molecule has 0 aliphatic rings. The molecule has 0 aromatic rings. The van der Waals surface area contributed by atoms with E-state index in [1.54, 1.807) is 0 Å². The minimum atomic E-state index is -0.711. The highest BCUT2D eigenvalue weighted by atomic mass is 33.0. The third-order valence-corrected chi connectivity index (χ3v) is 22.1. The van der Waals surface area contributed by atoms with Gasteiger partial charge in [-0.15, -0.1) is 35.7 Å². The first-order valence-corrected chi connectivity index (χ1v) is 13.1. The molecule has 0 aliphatic carbocycles. The van der Waals surface area contributed by atoms with Crippen LogP contribution in [0.4, 0.5) is 0 Å². The number of aliphatic carboxylic acids is 1. The fraction of sp³-hybridized carbons (Fsp3) is 0.750. The van der Waals surface area contributed by atoms with Crippen molar-refractivity contribution in [2.24, 2.45) is 0 Å². The van der Waals surface area contributed by atoms with Gasteiger partial charge in [0.2, 0.25) is 0 Å². The fourth-order valence-electron chi connectivity index (χ4n) is 0.214. The zero-order valence-electron chi connectivity index (χ0n) is 6.97. The highest BCUT2D eigenvalue weighted by molar-refractivity contribution is 8.92. The smallest absolute Gasteiger partial charge is 0.303 e. The van der Waals surface area contributed by atoms with Crippen molar-refractivity contribution in [3.8, 4) is 0 Å². The Morgan fingerprint density at radius 3 is 1.58 bits per heavy atom. The largest absolute Gasteiger partial charge is 0.481 e. The predicted octanol–water partition coefficient (Wildman–Crippen LogP) is 3.90. The van der Waals surface area contributed by atoms with E-state index in [2.05, 4.69) is 35.7 Å². The number of carboxylic acids is 1. The summed E-state index contributed by atoms with van der Waals surface area (Å²) in [7, 11) is 11.2. The highest BCUT2D eigenvalue weighted by Gasteiger charge is 1.95. The minimum Gasteiger partial charge on any atom is -0.481 e.